The van der Waals surface area contributed by atoms with Gasteiger partial charge in [-0.15, -0.1) is 0 Å². The van der Waals surface area contributed by atoms with Crippen molar-refractivity contribution in [1.29, 1.82) is 0 Å². The molecule has 1 aromatic rings. The van der Waals surface area contributed by atoms with Gasteiger partial charge in [-0.05, 0) is 44.0 Å². The highest BCUT2D eigenvalue weighted by Gasteiger charge is 2.23. The number of carbonyl (C=O) groups excluding carboxylic acids is 1. The summed E-state index contributed by atoms with van der Waals surface area (Å²) in [6.07, 6.45) is 7.90. The Morgan fingerprint density at radius 3 is 2.60 bits per heavy atom. The fourth-order valence-electron chi connectivity index (χ4n) is 3.53. The first-order valence-corrected chi connectivity index (χ1v) is 12.7. The van der Waals surface area contributed by atoms with Crippen molar-refractivity contribution in [2.75, 3.05) is 32.4 Å². The van der Waals surface area contributed by atoms with Crippen molar-refractivity contribution in [3.63, 3.8) is 0 Å². The van der Waals surface area contributed by atoms with Gasteiger partial charge in [0.25, 0.3) is 0 Å². The number of likely N-dealkylation sites (tertiary alicyclic amines) is 1. The number of hydrogen-bond acceptors (Lipinski definition) is 5. The molecule has 1 amide bonds. The number of halogens is 2. The molecule has 1 aliphatic carbocycles. The van der Waals surface area contributed by atoms with Crippen LogP contribution in [0.3, 0.4) is 0 Å². The van der Waals surface area contributed by atoms with Gasteiger partial charge in [0.2, 0.25) is 5.91 Å². The predicted molar refractivity (Wildman–Crippen MR) is 124 cm³/mol. The summed E-state index contributed by atoms with van der Waals surface area (Å²) in [7, 11) is -2.74. The number of nitrogens with one attached hydrogen (secondary N) is 1. The molecule has 0 unspecified atom stereocenters. The number of ether oxygens (including phenoxy) is 1. The van der Waals surface area contributed by atoms with Gasteiger partial charge in [-0.1, -0.05) is 29.3 Å². The molecule has 0 spiro atoms. The molecule has 3 N–H and O–H groups in total. The van der Waals surface area contributed by atoms with Gasteiger partial charge in [-0.25, -0.2) is 0 Å². The van der Waals surface area contributed by atoms with Crippen molar-refractivity contribution in [1.82, 2.24) is 10.2 Å². The Bertz CT molecular complexity index is 831. The maximum Gasteiger partial charge on any atom is 0.247 e. The molecule has 1 saturated heterocycles. The predicted octanol–water partition coefficient (Wildman–Crippen LogP) is 4.94. The van der Waals surface area contributed by atoms with Gasteiger partial charge >= 0.3 is 0 Å². The second-order valence-corrected chi connectivity index (χ2v) is 10.7. The van der Waals surface area contributed by atoms with Crippen LogP contribution in [0.2, 0.25) is 10.0 Å². The summed E-state index contributed by atoms with van der Waals surface area (Å²) in [4.78, 5) is 15.1. The molecule has 1 aliphatic heterocycles. The number of piperidine rings is 1. The average Bonchev–Trinajstić information content (AvgIpc) is 3.20. The highest BCUT2D eigenvalue weighted by Crippen LogP contribution is 2.48. The van der Waals surface area contributed by atoms with Gasteiger partial charge in [0.15, 0.2) is 0 Å². The van der Waals surface area contributed by atoms with Gasteiger partial charge in [0, 0.05) is 48.9 Å². The van der Waals surface area contributed by atoms with Crippen molar-refractivity contribution in [3.05, 3.63) is 50.9 Å². The fourth-order valence-corrected chi connectivity index (χ4v) is 4.58. The zero-order valence-corrected chi connectivity index (χ0v) is 19.3. The normalized spacial score (nSPS) is 18.7. The van der Waals surface area contributed by atoms with Crippen LogP contribution in [-0.2, 0) is 4.79 Å². The monoisotopic (exact) mass is 474 g/mol. The standard InChI is InChI=1S/C21H28Cl2N2O4S/c1-30(27,28)18-5-3-15(13-18)21(26)24-9-2-10-25-11-7-16(8-12-25)29-17-4-6-19(22)20(23)14-17/h3-6,14,16,27-28H,2,7-13H2,1H3,(H,24,26). The summed E-state index contributed by atoms with van der Waals surface area (Å²) in [5.41, 5.74) is 0.576. The van der Waals surface area contributed by atoms with E-state index in [1.807, 2.05) is 6.07 Å². The minimum absolute atomic E-state index is 0.140. The van der Waals surface area contributed by atoms with Crippen LogP contribution in [0.4, 0.5) is 0 Å². The molecule has 1 heterocycles. The third-order valence-electron chi connectivity index (χ3n) is 5.29. The lowest BCUT2D eigenvalue weighted by atomic mass is 10.1. The number of allylic oxidation sites excluding steroid dienone is 3. The molecule has 1 aromatic carbocycles. The van der Waals surface area contributed by atoms with E-state index in [1.54, 1.807) is 24.3 Å². The molecule has 0 atom stereocenters. The highest BCUT2D eigenvalue weighted by molar-refractivity contribution is 8.27. The number of nitrogens with zero attached hydrogens (tertiary/aromatic N) is 1. The minimum atomic E-state index is -2.74. The number of benzene rings is 1. The molecule has 2 aliphatic rings. The lowest BCUT2D eigenvalue weighted by Gasteiger charge is -2.32. The topological polar surface area (TPSA) is 82.0 Å². The quantitative estimate of drug-likeness (QED) is 0.464. The summed E-state index contributed by atoms with van der Waals surface area (Å²) >= 11 is 12.0. The molecule has 6 nitrogen and oxygen atoms in total. The van der Waals surface area contributed by atoms with Gasteiger partial charge < -0.3 is 15.0 Å². The molecular formula is C21H28Cl2N2O4S. The molecule has 30 heavy (non-hydrogen) atoms. The number of amides is 1. The third kappa shape index (κ3) is 6.64. The second-order valence-electron chi connectivity index (χ2n) is 7.68. The molecule has 1 fully saturated rings. The van der Waals surface area contributed by atoms with Crippen LogP contribution in [0.1, 0.15) is 25.7 Å². The lowest BCUT2D eigenvalue weighted by Crippen LogP contribution is -2.39. The summed E-state index contributed by atoms with van der Waals surface area (Å²) in [5, 5.41) is 3.94. The maximum atomic E-state index is 12.2. The van der Waals surface area contributed by atoms with E-state index in [1.165, 1.54) is 6.26 Å². The smallest absolute Gasteiger partial charge is 0.247 e. The average molecular weight is 475 g/mol. The van der Waals surface area contributed by atoms with Crippen LogP contribution < -0.4 is 10.1 Å². The van der Waals surface area contributed by atoms with E-state index in [4.69, 9.17) is 27.9 Å². The largest absolute Gasteiger partial charge is 0.490 e. The molecule has 0 saturated carbocycles. The van der Waals surface area contributed by atoms with E-state index in [9.17, 15) is 13.9 Å². The molecule has 9 heteroatoms. The Morgan fingerprint density at radius 2 is 1.97 bits per heavy atom. The van der Waals surface area contributed by atoms with Crippen molar-refractivity contribution in [2.24, 2.45) is 0 Å². The van der Waals surface area contributed by atoms with E-state index in [2.05, 4.69) is 10.2 Å². The van der Waals surface area contributed by atoms with Crippen molar-refractivity contribution >= 4 is 39.7 Å². The SMILES string of the molecule is CS(O)(O)C1=CC=C(C(=O)NCCCN2CCC(Oc3ccc(Cl)c(Cl)c3)CC2)C1. The fraction of sp³-hybridized carbons (Fsp3) is 0.476. The summed E-state index contributed by atoms with van der Waals surface area (Å²) in [6.45, 7) is 3.41. The first-order chi connectivity index (χ1) is 14.2. The van der Waals surface area contributed by atoms with Crippen LogP contribution >= 0.6 is 33.8 Å². The Balaban J connectivity index is 1.30. The number of carbonyl (C=O) groups is 1. The first-order valence-electron chi connectivity index (χ1n) is 9.97. The summed E-state index contributed by atoms with van der Waals surface area (Å²) < 4.78 is 25.4. The first kappa shape index (κ1) is 23.4. The highest BCUT2D eigenvalue weighted by atomic mass is 35.5. The van der Waals surface area contributed by atoms with Crippen molar-refractivity contribution in [2.45, 2.75) is 31.8 Å². The van der Waals surface area contributed by atoms with Crippen LogP contribution in [0, 0.1) is 0 Å². The van der Waals surface area contributed by atoms with Crippen LogP contribution in [-0.4, -0.2) is 58.5 Å². The van der Waals surface area contributed by atoms with Crippen molar-refractivity contribution < 1.29 is 18.6 Å². The van der Waals surface area contributed by atoms with Crippen LogP contribution in [0.15, 0.2) is 40.8 Å². The van der Waals surface area contributed by atoms with Gasteiger partial charge in [-0.2, -0.15) is 10.6 Å². The Kier molecular flexibility index (Phi) is 8.12. The van der Waals surface area contributed by atoms with E-state index in [0.717, 1.165) is 44.6 Å². The van der Waals surface area contributed by atoms with Gasteiger partial charge in [-0.3, -0.25) is 13.9 Å². The third-order valence-corrected chi connectivity index (χ3v) is 7.30. The summed E-state index contributed by atoms with van der Waals surface area (Å²) in [6, 6.07) is 5.33. The Morgan fingerprint density at radius 1 is 1.23 bits per heavy atom. The Labute approximate surface area is 189 Å². The second kappa shape index (κ2) is 10.4. The molecule has 0 aromatic heterocycles. The Hall–Kier alpha value is -1.22. The minimum Gasteiger partial charge on any atom is -0.490 e. The van der Waals surface area contributed by atoms with E-state index < -0.39 is 10.6 Å². The lowest BCUT2D eigenvalue weighted by molar-refractivity contribution is -0.117. The van der Waals surface area contributed by atoms with Crippen molar-refractivity contribution in [3.8, 4) is 5.75 Å². The van der Waals surface area contributed by atoms with E-state index in [0.29, 0.717) is 33.5 Å². The molecule has 0 bridgehead atoms. The molecule has 3 rings (SSSR count). The van der Waals surface area contributed by atoms with Crippen LogP contribution in [0.25, 0.3) is 0 Å². The van der Waals surface area contributed by atoms with Gasteiger partial charge in [0.1, 0.15) is 11.9 Å². The molecule has 0 radical (unpaired) electrons. The van der Waals surface area contributed by atoms with E-state index >= 15 is 0 Å². The zero-order valence-electron chi connectivity index (χ0n) is 16.9. The van der Waals surface area contributed by atoms with Crippen LogP contribution in [0.5, 0.6) is 5.75 Å². The molecular weight excluding hydrogens is 447 g/mol. The number of rotatable bonds is 8. The van der Waals surface area contributed by atoms with Gasteiger partial charge in [0.05, 0.1) is 10.0 Å². The summed E-state index contributed by atoms with van der Waals surface area (Å²) in [5.74, 6) is 0.604. The van der Waals surface area contributed by atoms with E-state index in [-0.39, 0.29) is 12.0 Å². The zero-order chi connectivity index (χ0) is 21.7. The maximum absolute atomic E-state index is 12.2. The number of hydrogen-bond donors (Lipinski definition) is 3. The molecule has 166 valence electrons.